The first-order valence-corrected chi connectivity index (χ1v) is 13.0. The summed E-state index contributed by atoms with van der Waals surface area (Å²) in [7, 11) is 1.61. The normalized spacial score (nSPS) is 18.5. The van der Waals surface area contributed by atoms with Crippen molar-refractivity contribution in [3.05, 3.63) is 113 Å². The first kappa shape index (κ1) is 25.5. The van der Waals surface area contributed by atoms with Crippen molar-refractivity contribution >= 4 is 11.8 Å². The van der Waals surface area contributed by atoms with Gasteiger partial charge in [0.2, 0.25) is 0 Å². The van der Waals surface area contributed by atoms with Crippen molar-refractivity contribution in [3.8, 4) is 16.9 Å². The van der Waals surface area contributed by atoms with Gasteiger partial charge < -0.3 is 14.8 Å². The van der Waals surface area contributed by atoms with Crippen LogP contribution in [0.2, 0.25) is 0 Å². The fourth-order valence-electron chi connectivity index (χ4n) is 5.49. The SMILES string of the molecule is COc1ccc(COC(=O)C2=C(C)NC3=C(C(=O)CC(C)(C)C3)[C@H]2c2ccc(-c3ccccc3)cc2)cc1. The van der Waals surface area contributed by atoms with Crippen LogP contribution in [0.5, 0.6) is 5.75 Å². The summed E-state index contributed by atoms with van der Waals surface area (Å²) in [4.78, 5) is 27.2. The van der Waals surface area contributed by atoms with Gasteiger partial charge in [0.05, 0.1) is 12.7 Å². The molecular weight excluding hydrogens is 474 g/mol. The summed E-state index contributed by atoms with van der Waals surface area (Å²) in [5, 5.41) is 3.41. The van der Waals surface area contributed by atoms with Crippen molar-refractivity contribution < 1.29 is 19.1 Å². The molecule has 0 radical (unpaired) electrons. The van der Waals surface area contributed by atoms with Gasteiger partial charge in [-0.05, 0) is 53.1 Å². The number of esters is 1. The van der Waals surface area contributed by atoms with Gasteiger partial charge in [-0.15, -0.1) is 0 Å². The molecule has 1 heterocycles. The van der Waals surface area contributed by atoms with Crippen LogP contribution in [0.25, 0.3) is 11.1 Å². The van der Waals surface area contributed by atoms with E-state index < -0.39 is 11.9 Å². The summed E-state index contributed by atoms with van der Waals surface area (Å²) in [5.41, 5.74) is 6.62. The Morgan fingerprint density at radius 1 is 0.921 bits per heavy atom. The highest BCUT2D eigenvalue weighted by molar-refractivity contribution is 6.04. The first-order chi connectivity index (χ1) is 18.3. The maximum atomic E-state index is 13.6. The Labute approximate surface area is 224 Å². The zero-order chi connectivity index (χ0) is 26.9. The maximum Gasteiger partial charge on any atom is 0.337 e. The van der Waals surface area contributed by atoms with Crippen LogP contribution in [0.3, 0.4) is 0 Å². The number of rotatable bonds is 6. The fourth-order valence-corrected chi connectivity index (χ4v) is 5.49. The Hall–Kier alpha value is -4.12. The quantitative estimate of drug-likeness (QED) is 0.376. The van der Waals surface area contributed by atoms with Crippen LogP contribution in [-0.2, 0) is 20.9 Å². The Kier molecular flexibility index (Phi) is 6.94. The van der Waals surface area contributed by atoms with E-state index in [4.69, 9.17) is 9.47 Å². The molecule has 1 atom stereocenters. The van der Waals surface area contributed by atoms with Gasteiger partial charge in [-0.1, -0.05) is 80.6 Å². The lowest BCUT2D eigenvalue weighted by Crippen LogP contribution is -2.38. The Morgan fingerprint density at radius 3 is 2.24 bits per heavy atom. The second-order valence-electron chi connectivity index (χ2n) is 10.8. The molecule has 0 saturated carbocycles. The summed E-state index contributed by atoms with van der Waals surface area (Å²) in [6, 6.07) is 25.8. The standard InChI is InChI=1S/C33H33NO4/c1-21-29(32(36)38-20-22-10-16-26(37-4)17-11-22)30(31-27(34-21)18-33(2,3)19-28(31)35)25-14-12-24(13-15-25)23-8-6-5-7-9-23/h5-17,30,34H,18-20H2,1-4H3/t30-/m0/s1. The maximum absolute atomic E-state index is 13.6. The number of carbonyl (C=O) groups excluding carboxylic acids is 2. The van der Waals surface area contributed by atoms with Gasteiger partial charge in [0.1, 0.15) is 12.4 Å². The minimum absolute atomic E-state index is 0.0776. The molecule has 1 aliphatic carbocycles. The fraction of sp³-hybridized carbons (Fsp3) is 0.273. The summed E-state index contributed by atoms with van der Waals surface area (Å²) >= 11 is 0. The number of methoxy groups -OCH3 is 1. The van der Waals surface area contributed by atoms with E-state index in [0.29, 0.717) is 17.6 Å². The molecule has 5 nitrogen and oxygen atoms in total. The number of ketones is 1. The summed E-state index contributed by atoms with van der Waals surface area (Å²) in [5.74, 6) is -0.0867. The smallest absolute Gasteiger partial charge is 0.337 e. The van der Waals surface area contributed by atoms with Crippen LogP contribution in [0.1, 0.15) is 50.7 Å². The van der Waals surface area contributed by atoms with Gasteiger partial charge in [-0.25, -0.2) is 4.79 Å². The molecule has 2 aliphatic rings. The molecular formula is C33H33NO4. The molecule has 5 rings (SSSR count). The minimum atomic E-state index is -0.483. The molecule has 0 aromatic heterocycles. The number of benzene rings is 3. The molecule has 3 aromatic carbocycles. The van der Waals surface area contributed by atoms with E-state index in [0.717, 1.165) is 45.8 Å². The number of hydrogen-bond acceptors (Lipinski definition) is 5. The second-order valence-corrected chi connectivity index (χ2v) is 10.8. The van der Waals surface area contributed by atoms with Crippen molar-refractivity contribution in [2.75, 3.05) is 7.11 Å². The van der Waals surface area contributed by atoms with Gasteiger partial charge >= 0.3 is 5.97 Å². The average molecular weight is 508 g/mol. The third-order valence-corrected chi connectivity index (χ3v) is 7.34. The minimum Gasteiger partial charge on any atom is -0.497 e. The molecule has 5 heteroatoms. The highest BCUT2D eigenvalue weighted by Crippen LogP contribution is 2.47. The molecule has 1 aliphatic heterocycles. The van der Waals surface area contributed by atoms with Gasteiger partial charge in [-0.2, -0.15) is 0 Å². The molecule has 0 spiro atoms. The largest absolute Gasteiger partial charge is 0.497 e. The third-order valence-electron chi connectivity index (χ3n) is 7.34. The van der Waals surface area contributed by atoms with E-state index in [1.54, 1.807) is 7.11 Å². The van der Waals surface area contributed by atoms with Crippen molar-refractivity contribution in [2.45, 2.75) is 46.1 Å². The molecule has 0 fully saturated rings. The lowest BCUT2D eigenvalue weighted by atomic mass is 9.68. The van der Waals surface area contributed by atoms with Crippen LogP contribution in [0.4, 0.5) is 0 Å². The summed E-state index contributed by atoms with van der Waals surface area (Å²) in [6.45, 7) is 6.24. The second kappa shape index (κ2) is 10.3. The first-order valence-electron chi connectivity index (χ1n) is 13.0. The Morgan fingerprint density at radius 2 is 1.58 bits per heavy atom. The van der Waals surface area contributed by atoms with E-state index in [1.165, 1.54) is 0 Å². The molecule has 3 aromatic rings. The number of ether oxygens (including phenoxy) is 2. The highest BCUT2D eigenvalue weighted by atomic mass is 16.5. The van der Waals surface area contributed by atoms with Crippen LogP contribution in [0.15, 0.2) is 101 Å². The van der Waals surface area contributed by atoms with E-state index in [9.17, 15) is 9.59 Å². The molecule has 0 amide bonds. The molecule has 38 heavy (non-hydrogen) atoms. The Balaban J connectivity index is 1.50. The van der Waals surface area contributed by atoms with Crippen molar-refractivity contribution in [2.24, 2.45) is 5.41 Å². The van der Waals surface area contributed by atoms with E-state index in [2.05, 4.69) is 43.4 Å². The molecule has 194 valence electrons. The third kappa shape index (κ3) is 5.14. The van der Waals surface area contributed by atoms with Gasteiger partial charge in [-0.3, -0.25) is 4.79 Å². The molecule has 0 unspecified atom stereocenters. The summed E-state index contributed by atoms with van der Waals surface area (Å²) < 4.78 is 11.0. The van der Waals surface area contributed by atoms with Crippen molar-refractivity contribution in [3.63, 3.8) is 0 Å². The Bertz CT molecular complexity index is 1410. The average Bonchev–Trinajstić information content (AvgIpc) is 2.91. The number of nitrogens with one attached hydrogen (secondary N) is 1. The number of carbonyl (C=O) groups is 2. The van der Waals surface area contributed by atoms with Crippen LogP contribution < -0.4 is 10.1 Å². The van der Waals surface area contributed by atoms with E-state index in [1.807, 2.05) is 61.5 Å². The summed E-state index contributed by atoms with van der Waals surface area (Å²) in [6.07, 6.45) is 1.19. The van der Waals surface area contributed by atoms with E-state index in [-0.39, 0.29) is 17.8 Å². The van der Waals surface area contributed by atoms with Crippen LogP contribution in [-0.4, -0.2) is 18.9 Å². The van der Waals surface area contributed by atoms with Gasteiger partial charge in [0.25, 0.3) is 0 Å². The van der Waals surface area contributed by atoms with Crippen LogP contribution >= 0.6 is 0 Å². The lowest BCUT2D eigenvalue weighted by Gasteiger charge is -2.39. The molecule has 0 saturated heterocycles. The zero-order valence-electron chi connectivity index (χ0n) is 22.3. The monoisotopic (exact) mass is 507 g/mol. The van der Waals surface area contributed by atoms with Crippen LogP contribution in [0, 0.1) is 5.41 Å². The van der Waals surface area contributed by atoms with Gasteiger partial charge in [0, 0.05) is 29.3 Å². The predicted octanol–water partition coefficient (Wildman–Crippen LogP) is 6.71. The van der Waals surface area contributed by atoms with Gasteiger partial charge in [0.15, 0.2) is 5.78 Å². The number of Topliss-reactive ketones (excluding diaryl/α,β-unsaturated/α-hetero) is 1. The van der Waals surface area contributed by atoms with E-state index >= 15 is 0 Å². The topological polar surface area (TPSA) is 64.6 Å². The van der Waals surface area contributed by atoms with Crippen molar-refractivity contribution in [1.29, 1.82) is 0 Å². The highest BCUT2D eigenvalue weighted by Gasteiger charge is 2.43. The van der Waals surface area contributed by atoms with Crippen molar-refractivity contribution in [1.82, 2.24) is 5.32 Å². The molecule has 0 bridgehead atoms. The number of allylic oxidation sites excluding steroid dienone is 3. The number of dihydropyridines is 1. The lowest BCUT2D eigenvalue weighted by molar-refractivity contribution is -0.140. The predicted molar refractivity (Wildman–Crippen MR) is 148 cm³/mol. The zero-order valence-corrected chi connectivity index (χ0v) is 22.3. The molecule has 1 N–H and O–H groups in total. The number of hydrogen-bond donors (Lipinski definition) is 1.